The van der Waals surface area contributed by atoms with Crippen LogP contribution in [-0.4, -0.2) is 42.8 Å². The third kappa shape index (κ3) is 4.44. The summed E-state index contributed by atoms with van der Waals surface area (Å²) in [6, 6.07) is 0. The Bertz CT molecular complexity index is 389. The molecule has 0 aromatic carbocycles. The second kappa shape index (κ2) is 7.40. The molecule has 2 heterocycles. The van der Waals surface area contributed by atoms with Gasteiger partial charge in [-0.2, -0.15) is 0 Å². The first-order chi connectivity index (χ1) is 9.29. The van der Waals surface area contributed by atoms with Gasteiger partial charge < -0.3 is 15.4 Å². The zero-order chi connectivity index (χ0) is 13.5. The Balaban J connectivity index is 1.95. The predicted octanol–water partition coefficient (Wildman–Crippen LogP) is 1.39. The number of anilines is 1. The van der Waals surface area contributed by atoms with Crippen LogP contribution in [0.4, 0.5) is 5.82 Å². The molecule has 1 aliphatic rings. The normalized spacial score (nSPS) is 20.0. The largest absolute Gasteiger partial charge is 0.380 e. The maximum Gasteiger partial charge on any atom is 0.132 e. The van der Waals surface area contributed by atoms with Crippen LogP contribution >= 0.6 is 0 Å². The van der Waals surface area contributed by atoms with E-state index in [1.54, 1.807) is 0 Å². The first-order valence-electron chi connectivity index (χ1n) is 7.14. The van der Waals surface area contributed by atoms with Crippen molar-refractivity contribution in [2.24, 2.45) is 5.92 Å². The van der Waals surface area contributed by atoms with Crippen molar-refractivity contribution in [1.29, 1.82) is 0 Å². The zero-order valence-electron chi connectivity index (χ0n) is 11.9. The van der Waals surface area contributed by atoms with Crippen LogP contribution in [-0.2, 0) is 11.2 Å². The summed E-state index contributed by atoms with van der Waals surface area (Å²) < 4.78 is 5.56. The van der Waals surface area contributed by atoms with E-state index in [0.29, 0.717) is 5.92 Å². The first-order valence-corrected chi connectivity index (χ1v) is 7.14. The van der Waals surface area contributed by atoms with Crippen LogP contribution in [0.2, 0.25) is 0 Å². The topological polar surface area (TPSA) is 59.1 Å². The van der Waals surface area contributed by atoms with Crippen LogP contribution in [0.5, 0.6) is 0 Å². The van der Waals surface area contributed by atoms with E-state index in [2.05, 4.69) is 27.5 Å². The Labute approximate surface area is 115 Å². The molecule has 1 saturated heterocycles. The average Bonchev–Trinajstić information content (AvgIpc) is 2.68. The molecule has 19 heavy (non-hydrogen) atoms. The number of rotatable bonds is 5. The summed E-state index contributed by atoms with van der Waals surface area (Å²) in [6.45, 7) is 8.56. The van der Waals surface area contributed by atoms with Crippen molar-refractivity contribution in [3.05, 3.63) is 17.6 Å². The number of nitrogens with one attached hydrogen (secondary N) is 2. The van der Waals surface area contributed by atoms with E-state index in [0.717, 1.165) is 57.3 Å². The molecule has 0 bridgehead atoms. The molecule has 1 aromatic rings. The maximum atomic E-state index is 5.56. The molecule has 1 aliphatic heterocycles. The van der Waals surface area contributed by atoms with Crippen molar-refractivity contribution in [3.8, 4) is 0 Å². The minimum Gasteiger partial charge on any atom is -0.380 e. The smallest absolute Gasteiger partial charge is 0.132 e. The fraction of sp³-hybridized carbons (Fsp3) is 0.714. The van der Waals surface area contributed by atoms with E-state index in [9.17, 15) is 0 Å². The van der Waals surface area contributed by atoms with Crippen molar-refractivity contribution < 1.29 is 4.74 Å². The fourth-order valence-electron chi connectivity index (χ4n) is 2.23. The second-order valence-electron chi connectivity index (χ2n) is 5.07. The Morgan fingerprint density at radius 2 is 2.42 bits per heavy atom. The molecule has 2 rings (SSSR count). The number of nitrogens with zero attached hydrogens (tertiary/aromatic N) is 2. The van der Waals surface area contributed by atoms with Crippen molar-refractivity contribution in [3.63, 3.8) is 0 Å². The van der Waals surface area contributed by atoms with Gasteiger partial charge in [-0.1, -0.05) is 13.3 Å². The molecule has 0 unspecified atom stereocenters. The highest BCUT2D eigenvalue weighted by atomic mass is 16.5. The molecule has 0 aliphatic carbocycles. The van der Waals surface area contributed by atoms with Gasteiger partial charge in [-0.15, -0.1) is 0 Å². The van der Waals surface area contributed by atoms with Gasteiger partial charge in [-0.3, -0.25) is 0 Å². The molecular formula is C14H24N4O. The van der Waals surface area contributed by atoms with E-state index in [-0.39, 0.29) is 0 Å². The van der Waals surface area contributed by atoms with Crippen LogP contribution in [0.3, 0.4) is 0 Å². The van der Waals surface area contributed by atoms with E-state index < -0.39 is 0 Å². The third-order valence-corrected chi connectivity index (χ3v) is 3.27. The maximum absolute atomic E-state index is 5.56. The average molecular weight is 264 g/mol. The van der Waals surface area contributed by atoms with Gasteiger partial charge in [0, 0.05) is 37.3 Å². The molecule has 0 amide bonds. The van der Waals surface area contributed by atoms with Gasteiger partial charge in [0.15, 0.2) is 0 Å². The number of aromatic nitrogens is 2. The second-order valence-corrected chi connectivity index (χ2v) is 5.07. The summed E-state index contributed by atoms with van der Waals surface area (Å²) in [5, 5.41) is 6.85. The summed E-state index contributed by atoms with van der Waals surface area (Å²) >= 11 is 0. The highest BCUT2D eigenvalue weighted by Gasteiger charge is 2.13. The molecule has 106 valence electrons. The standard InChI is InChI=1S/C14H24N4O/c1-3-4-13-9-16-11(2)18-14(13)17-8-12-7-15-5-6-19-10-12/h9,12,15H,3-8,10H2,1-2H3,(H,16,17,18)/t12-/m1/s1. The van der Waals surface area contributed by atoms with Crippen LogP contribution < -0.4 is 10.6 Å². The summed E-state index contributed by atoms with van der Waals surface area (Å²) in [5.41, 5.74) is 1.20. The molecule has 0 spiro atoms. The zero-order valence-corrected chi connectivity index (χ0v) is 11.9. The van der Waals surface area contributed by atoms with Crippen molar-refractivity contribution >= 4 is 5.82 Å². The quantitative estimate of drug-likeness (QED) is 0.841. The van der Waals surface area contributed by atoms with Gasteiger partial charge >= 0.3 is 0 Å². The summed E-state index contributed by atoms with van der Waals surface area (Å²) in [5.74, 6) is 2.29. The Morgan fingerprint density at radius 3 is 3.26 bits per heavy atom. The minimum absolute atomic E-state index is 0.493. The fourth-order valence-corrected chi connectivity index (χ4v) is 2.23. The lowest BCUT2D eigenvalue weighted by molar-refractivity contribution is 0.127. The number of hydrogen-bond acceptors (Lipinski definition) is 5. The minimum atomic E-state index is 0.493. The van der Waals surface area contributed by atoms with Gasteiger partial charge in [0.05, 0.1) is 13.2 Å². The Morgan fingerprint density at radius 1 is 1.53 bits per heavy atom. The molecule has 5 heteroatoms. The summed E-state index contributed by atoms with van der Waals surface area (Å²) in [6.07, 6.45) is 4.06. The number of ether oxygens (including phenoxy) is 1. The summed E-state index contributed by atoms with van der Waals surface area (Å²) in [4.78, 5) is 8.80. The Kier molecular flexibility index (Phi) is 5.54. The van der Waals surface area contributed by atoms with Crippen molar-refractivity contribution in [2.75, 3.05) is 38.2 Å². The lowest BCUT2D eigenvalue weighted by Crippen LogP contribution is -2.28. The third-order valence-electron chi connectivity index (χ3n) is 3.27. The monoisotopic (exact) mass is 264 g/mol. The van der Waals surface area contributed by atoms with E-state index in [1.165, 1.54) is 5.56 Å². The van der Waals surface area contributed by atoms with E-state index in [4.69, 9.17) is 4.74 Å². The van der Waals surface area contributed by atoms with Crippen LogP contribution in [0.1, 0.15) is 24.7 Å². The SMILES string of the molecule is CCCc1cnc(C)nc1NC[C@H]1CNCCOC1. The van der Waals surface area contributed by atoms with Gasteiger partial charge in [-0.25, -0.2) is 9.97 Å². The highest BCUT2D eigenvalue weighted by Crippen LogP contribution is 2.14. The number of aryl methyl sites for hydroxylation is 2. The number of hydrogen-bond donors (Lipinski definition) is 2. The molecule has 2 N–H and O–H groups in total. The lowest BCUT2D eigenvalue weighted by Gasteiger charge is -2.17. The highest BCUT2D eigenvalue weighted by molar-refractivity contribution is 5.43. The van der Waals surface area contributed by atoms with Crippen LogP contribution in [0.15, 0.2) is 6.20 Å². The van der Waals surface area contributed by atoms with Crippen molar-refractivity contribution in [2.45, 2.75) is 26.7 Å². The Hall–Kier alpha value is -1.20. The van der Waals surface area contributed by atoms with Gasteiger partial charge in [0.2, 0.25) is 0 Å². The lowest BCUT2D eigenvalue weighted by atomic mass is 10.1. The molecule has 1 atom stereocenters. The molecule has 1 aromatic heterocycles. The predicted molar refractivity (Wildman–Crippen MR) is 76.4 cm³/mol. The summed E-state index contributed by atoms with van der Waals surface area (Å²) in [7, 11) is 0. The van der Waals surface area contributed by atoms with Gasteiger partial charge in [-0.05, 0) is 13.3 Å². The van der Waals surface area contributed by atoms with E-state index >= 15 is 0 Å². The first kappa shape index (κ1) is 14.2. The molecule has 1 fully saturated rings. The van der Waals surface area contributed by atoms with E-state index in [1.807, 2.05) is 13.1 Å². The van der Waals surface area contributed by atoms with Gasteiger partial charge in [0.1, 0.15) is 11.6 Å². The van der Waals surface area contributed by atoms with Crippen molar-refractivity contribution in [1.82, 2.24) is 15.3 Å². The van der Waals surface area contributed by atoms with Gasteiger partial charge in [0.25, 0.3) is 0 Å². The molecule has 5 nitrogen and oxygen atoms in total. The van der Waals surface area contributed by atoms with Crippen LogP contribution in [0.25, 0.3) is 0 Å². The molecule has 0 radical (unpaired) electrons. The molecular weight excluding hydrogens is 240 g/mol. The van der Waals surface area contributed by atoms with Crippen LogP contribution in [0, 0.1) is 12.8 Å². The molecule has 0 saturated carbocycles.